The van der Waals surface area contributed by atoms with Crippen LogP contribution in [0.4, 0.5) is 13.2 Å². The van der Waals surface area contributed by atoms with E-state index in [1.165, 1.54) is 6.07 Å². The van der Waals surface area contributed by atoms with Crippen molar-refractivity contribution >= 4 is 6.29 Å². The SMILES string of the molecule is O=CCCc1ccccc1-c1cccc(C(F)(F)F)c1. The Morgan fingerprint density at radius 1 is 1.00 bits per heavy atom. The summed E-state index contributed by atoms with van der Waals surface area (Å²) in [5, 5.41) is 0. The fraction of sp³-hybridized carbons (Fsp3) is 0.188. The highest BCUT2D eigenvalue weighted by molar-refractivity contribution is 5.68. The zero-order valence-corrected chi connectivity index (χ0v) is 10.7. The Morgan fingerprint density at radius 2 is 1.75 bits per heavy atom. The quantitative estimate of drug-likeness (QED) is 0.752. The van der Waals surface area contributed by atoms with Gasteiger partial charge in [0.1, 0.15) is 6.29 Å². The minimum atomic E-state index is -4.35. The van der Waals surface area contributed by atoms with Crippen molar-refractivity contribution in [2.75, 3.05) is 0 Å². The lowest BCUT2D eigenvalue weighted by atomic mass is 9.95. The topological polar surface area (TPSA) is 17.1 Å². The molecule has 0 atom stereocenters. The molecule has 0 aliphatic rings. The number of carbonyl (C=O) groups is 1. The van der Waals surface area contributed by atoms with Gasteiger partial charge in [0.15, 0.2) is 0 Å². The summed E-state index contributed by atoms with van der Waals surface area (Å²) in [7, 11) is 0. The van der Waals surface area contributed by atoms with Crippen LogP contribution in [0.5, 0.6) is 0 Å². The van der Waals surface area contributed by atoms with Crippen molar-refractivity contribution in [2.24, 2.45) is 0 Å². The molecule has 0 aliphatic carbocycles. The van der Waals surface area contributed by atoms with Crippen LogP contribution in [0.15, 0.2) is 48.5 Å². The van der Waals surface area contributed by atoms with E-state index in [0.717, 1.165) is 29.5 Å². The maximum Gasteiger partial charge on any atom is 0.416 e. The molecule has 0 spiro atoms. The van der Waals surface area contributed by atoms with E-state index in [4.69, 9.17) is 0 Å². The summed E-state index contributed by atoms with van der Waals surface area (Å²) in [6.07, 6.45) is -2.66. The Kier molecular flexibility index (Phi) is 4.23. The van der Waals surface area contributed by atoms with Gasteiger partial charge in [-0.25, -0.2) is 0 Å². The molecule has 4 heteroatoms. The summed E-state index contributed by atoms with van der Waals surface area (Å²) in [5.74, 6) is 0. The highest BCUT2D eigenvalue weighted by atomic mass is 19.4. The molecular formula is C16H13F3O. The van der Waals surface area contributed by atoms with E-state index in [1.54, 1.807) is 18.2 Å². The second kappa shape index (κ2) is 5.90. The van der Waals surface area contributed by atoms with Crippen LogP contribution < -0.4 is 0 Å². The Hall–Kier alpha value is -2.10. The van der Waals surface area contributed by atoms with Gasteiger partial charge in [-0.3, -0.25) is 0 Å². The van der Waals surface area contributed by atoms with Crippen molar-refractivity contribution in [1.82, 2.24) is 0 Å². The van der Waals surface area contributed by atoms with Gasteiger partial charge in [0.2, 0.25) is 0 Å². The average molecular weight is 278 g/mol. The molecule has 104 valence electrons. The minimum absolute atomic E-state index is 0.357. The van der Waals surface area contributed by atoms with Gasteiger partial charge in [0, 0.05) is 6.42 Å². The summed E-state index contributed by atoms with van der Waals surface area (Å²) in [6.45, 7) is 0. The summed E-state index contributed by atoms with van der Waals surface area (Å²) in [5.41, 5.74) is 1.46. The fourth-order valence-electron chi connectivity index (χ4n) is 2.10. The van der Waals surface area contributed by atoms with Crippen molar-refractivity contribution in [3.05, 3.63) is 59.7 Å². The van der Waals surface area contributed by atoms with Crippen LogP contribution in [0.25, 0.3) is 11.1 Å². The Balaban J connectivity index is 2.43. The van der Waals surface area contributed by atoms with E-state index in [1.807, 2.05) is 12.1 Å². The van der Waals surface area contributed by atoms with Crippen LogP contribution >= 0.6 is 0 Å². The summed E-state index contributed by atoms with van der Waals surface area (Å²) in [6, 6.07) is 12.4. The number of aldehydes is 1. The monoisotopic (exact) mass is 278 g/mol. The largest absolute Gasteiger partial charge is 0.416 e. The first-order valence-electron chi connectivity index (χ1n) is 6.21. The number of hydrogen-bond donors (Lipinski definition) is 0. The first kappa shape index (κ1) is 14.3. The molecule has 0 aromatic heterocycles. The number of carbonyl (C=O) groups excluding carboxylic acids is 1. The zero-order valence-electron chi connectivity index (χ0n) is 10.7. The van der Waals surface area contributed by atoms with E-state index in [9.17, 15) is 18.0 Å². The number of benzene rings is 2. The van der Waals surface area contributed by atoms with Crippen LogP contribution in [0, 0.1) is 0 Å². The number of halogens is 3. The minimum Gasteiger partial charge on any atom is -0.303 e. The standard InChI is InChI=1S/C16H13F3O/c17-16(18,19)14-8-3-6-13(11-14)15-9-2-1-5-12(15)7-4-10-20/h1-3,5-6,8-11H,4,7H2. The second-order valence-electron chi connectivity index (χ2n) is 4.44. The van der Waals surface area contributed by atoms with E-state index < -0.39 is 11.7 Å². The lowest BCUT2D eigenvalue weighted by Crippen LogP contribution is -2.04. The maximum absolute atomic E-state index is 12.7. The highest BCUT2D eigenvalue weighted by Crippen LogP contribution is 2.33. The highest BCUT2D eigenvalue weighted by Gasteiger charge is 2.30. The fourth-order valence-corrected chi connectivity index (χ4v) is 2.10. The smallest absolute Gasteiger partial charge is 0.303 e. The predicted octanol–water partition coefficient (Wildman–Crippen LogP) is 4.50. The molecule has 20 heavy (non-hydrogen) atoms. The van der Waals surface area contributed by atoms with Gasteiger partial charge in [-0.05, 0) is 35.2 Å². The molecule has 0 heterocycles. The Labute approximate surface area is 115 Å². The molecular weight excluding hydrogens is 265 g/mol. The van der Waals surface area contributed by atoms with Gasteiger partial charge in [0.05, 0.1) is 5.56 Å². The molecule has 0 radical (unpaired) electrons. The van der Waals surface area contributed by atoms with Crippen LogP contribution in [-0.4, -0.2) is 6.29 Å². The normalized spacial score (nSPS) is 11.3. The van der Waals surface area contributed by atoms with E-state index in [0.29, 0.717) is 18.4 Å². The van der Waals surface area contributed by atoms with Crippen molar-refractivity contribution in [1.29, 1.82) is 0 Å². The molecule has 1 nitrogen and oxygen atoms in total. The van der Waals surface area contributed by atoms with Gasteiger partial charge in [0.25, 0.3) is 0 Å². The van der Waals surface area contributed by atoms with E-state index >= 15 is 0 Å². The molecule has 2 aromatic rings. The van der Waals surface area contributed by atoms with Crippen molar-refractivity contribution < 1.29 is 18.0 Å². The third-order valence-electron chi connectivity index (χ3n) is 3.05. The molecule has 0 saturated heterocycles. The molecule has 0 unspecified atom stereocenters. The van der Waals surface area contributed by atoms with Crippen LogP contribution in [0.3, 0.4) is 0 Å². The number of hydrogen-bond acceptors (Lipinski definition) is 1. The molecule has 2 rings (SSSR count). The number of aryl methyl sites for hydroxylation is 1. The van der Waals surface area contributed by atoms with Crippen LogP contribution in [0.2, 0.25) is 0 Å². The average Bonchev–Trinajstić information content (AvgIpc) is 2.45. The van der Waals surface area contributed by atoms with Crippen molar-refractivity contribution in [3.63, 3.8) is 0 Å². The zero-order chi connectivity index (χ0) is 14.6. The number of alkyl halides is 3. The van der Waals surface area contributed by atoms with Gasteiger partial charge in [-0.2, -0.15) is 13.2 Å². The molecule has 0 saturated carbocycles. The van der Waals surface area contributed by atoms with Gasteiger partial charge < -0.3 is 4.79 Å². The second-order valence-corrected chi connectivity index (χ2v) is 4.44. The lowest BCUT2D eigenvalue weighted by Gasteiger charge is -2.11. The van der Waals surface area contributed by atoms with Gasteiger partial charge in [-0.1, -0.05) is 36.4 Å². The first-order valence-corrected chi connectivity index (χ1v) is 6.21. The lowest BCUT2D eigenvalue weighted by molar-refractivity contribution is -0.137. The van der Waals surface area contributed by atoms with Crippen molar-refractivity contribution in [3.8, 4) is 11.1 Å². The summed E-state index contributed by atoms with van der Waals surface area (Å²) < 4.78 is 38.2. The summed E-state index contributed by atoms with van der Waals surface area (Å²) >= 11 is 0. The number of rotatable bonds is 4. The molecule has 0 amide bonds. The maximum atomic E-state index is 12.7. The van der Waals surface area contributed by atoms with Crippen LogP contribution in [0.1, 0.15) is 17.5 Å². The molecule has 0 aliphatic heterocycles. The molecule has 0 N–H and O–H groups in total. The Morgan fingerprint density at radius 3 is 2.45 bits per heavy atom. The van der Waals surface area contributed by atoms with E-state index in [2.05, 4.69) is 0 Å². The third-order valence-corrected chi connectivity index (χ3v) is 3.05. The van der Waals surface area contributed by atoms with Gasteiger partial charge >= 0.3 is 6.18 Å². The third kappa shape index (κ3) is 3.26. The Bertz CT molecular complexity index is 603. The van der Waals surface area contributed by atoms with E-state index in [-0.39, 0.29) is 0 Å². The summed E-state index contributed by atoms with van der Waals surface area (Å²) in [4.78, 5) is 10.5. The van der Waals surface area contributed by atoms with Gasteiger partial charge in [-0.15, -0.1) is 0 Å². The first-order chi connectivity index (χ1) is 9.52. The molecule has 2 aromatic carbocycles. The van der Waals surface area contributed by atoms with Crippen LogP contribution in [-0.2, 0) is 17.4 Å². The molecule has 0 fully saturated rings. The molecule has 0 bridgehead atoms. The van der Waals surface area contributed by atoms with Crippen molar-refractivity contribution in [2.45, 2.75) is 19.0 Å². The predicted molar refractivity (Wildman–Crippen MR) is 71.3 cm³/mol.